The van der Waals surface area contributed by atoms with Crippen LogP contribution in [0.5, 0.6) is 5.75 Å². The summed E-state index contributed by atoms with van der Waals surface area (Å²) in [7, 11) is 0. The molecule has 0 bridgehead atoms. The summed E-state index contributed by atoms with van der Waals surface area (Å²) >= 11 is 6.09. The van der Waals surface area contributed by atoms with Gasteiger partial charge in [0.1, 0.15) is 12.4 Å². The van der Waals surface area contributed by atoms with Crippen LogP contribution in [-0.2, 0) is 17.0 Å². The van der Waals surface area contributed by atoms with Crippen LogP contribution in [0.3, 0.4) is 0 Å². The molecule has 0 aliphatic carbocycles. The van der Waals surface area contributed by atoms with E-state index in [0.29, 0.717) is 34.2 Å². The minimum atomic E-state index is -1.85. The lowest BCUT2D eigenvalue weighted by atomic mass is 9.87. The normalized spacial score (nSPS) is 18.3. The van der Waals surface area contributed by atoms with Gasteiger partial charge in [-0.3, -0.25) is 4.79 Å². The number of hydrogen-bond donors (Lipinski definition) is 2. The van der Waals surface area contributed by atoms with Crippen molar-refractivity contribution in [3.63, 3.8) is 0 Å². The summed E-state index contributed by atoms with van der Waals surface area (Å²) in [6.45, 7) is 0.331. The largest absolute Gasteiger partial charge is 0.488 e. The number of para-hydroxylation sites is 1. The van der Waals surface area contributed by atoms with E-state index in [9.17, 15) is 9.90 Å². The lowest BCUT2D eigenvalue weighted by molar-refractivity contribution is -0.129. The number of amides is 1. The quantitative estimate of drug-likeness (QED) is 0.731. The van der Waals surface area contributed by atoms with Crippen molar-refractivity contribution < 1.29 is 14.6 Å². The predicted molar refractivity (Wildman–Crippen MR) is 100 cm³/mol. The fourth-order valence-electron chi connectivity index (χ4n) is 3.15. The molecule has 0 saturated heterocycles. The van der Waals surface area contributed by atoms with Gasteiger partial charge in [-0.2, -0.15) is 0 Å². The van der Waals surface area contributed by atoms with Crippen LogP contribution in [0.4, 0.5) is 5.69 Å². The summed E-state index contributed by atoms with van der Waals surface area (Å²) in [5.41, 5.74) is 0.488. The van der Waals surface area contributed by atoms with Crippen LogP contribution >= 0.6 is 11.6 Å². The highest BCUT2D eigenvalue weighted by atomic mass is 35.5. The maximum Gasteiger partial charge on any atom is 0.266 e. The monoisotopic (exact) mass is 365 g/mol. The number of benzene rings is 3. The van der Waals surface area contributed by atoms with Gasteiger partial charge in [0.15, 0.2) is 5.60 Å². The molecule has 1 unspecified atom stereocenters. The Morgan fingerprint density at radius 2 is 1.69 bits per heavy atom. The van der Waals surface area contributed by atoms with E-state index in [4.69, 9.17) is 16.3 Å². The fraction of sp³-hybridized carbons (Fsp3) is 0.0952. The van der Waals surface area contributed by atoms with Gasteiger partial charge in [-0.05, 0) is 29.8 Å². The smallest absolute Gasteiger partial charge is 0.266 e. The van der Waals surface area contributed by atoms with Crippen LogP contribution in [0.25, 0.3) is 0 Å². The summed E-state index contributed by atoms with van der Waals surface area (Å²) < 4.78 is 5.92. The number of hydrogen-bond acceptors (Lipinski definition) is 3. The average molecular weight is 366 g/mol. The molecule has 1 amide bonds. The van der Waals surface area contributed by atoms with Gasteiger partial charge in [-0.1, -0.05) is 60.1 Å². The van der Waals surface area contributed by atoms with Crippen LogP contribution in [0.15, 0.2) is 72.8 Å². The summed E-state index contributed by atoms with van der Waals surface area (Å²) in [6.07, 6.45) is 0. The van der Waals surface area contributed by atoms with E-state index < -0.39 is 11.5 Å². The van der Waals surface area contributed by atoms with E-state index in [1.807, 2.05) is 30.3 Å². The highest BCUT2D eigenvalue weighted by molar-refractivity contribution is 6.31. The lowest BCUT2D eigenvalue weighted by Crippen LogP contribution is -2.35. The minimum Gasteiger partial charge on any atom is -0.488 e. The van der Waals surface area contributed by atoms with Crippen molar-refractivity contribution in [3.05, 3.63) is 94.5 Å². The van der Waals surface area contributed by atoms with Crippen molar-refractivity contribution in [1.29, 1.82) is 0 Å². The standard InChI is InChI=1S/C21H16ClNO3/c22-15-10-11-18-17(12-15)21(25,20(24)23-18)16-8-4-5-9-19(16)26-13-14-6-2-1-3-7-14/h1-12,25H,13H2,(H,23,24). The first-order chi connectivity index (χ1) is 12.6. The van der Waals surface area contributed by atoms with Gasteiger partial charge in [0, 0.05) is 21.8 Å². The highest BCUT2D eigenvalue weighted by Gasteiger charge is 2.48. The number of ether oxygens (including phenoxy) is 1. The Kier molecular flexibility index (Phi) is 4.15. The first-order valence-corrected chi connectivity index (χ1v) is 8.57. The number of anilines is 1. The molecule has 1 atom stereocenters. The molecule has 0 radical (unpaired) electrons. The van der Waals surface area contributed by atoms with Crippen LogP contribution in [0, 0.1) is 0 Å². The van der Waals surface area contributed by atoms with Crippen molar-refractivity contribution in [2.24, 2.45) is 0 Å². The molecule has 0 spiro atoms. The molecular weight excluding hydrogens is 350 g/mol. The molecule has 26 heavy (non-hydrogen) atoms. The number of halogens is 1. The Balaban J connectivity index is 1.75. The molecule has 1 aliphatic heterocycles. The van der Waals surface area contributed by atoms with E-state index in [2.05, 4.69) is 5.32 Å². The van der Waals surface area contributed by atoms with Crippen LogP contribution in [0.2, 0.25) is 5.02 Å². The minimum absolute atomic E-state index is 0.331. The summed E-state index contributed by atoms with van der Waals surface area (Å²) in [4.78, 5) is 12.6. The molecule has 2 N–H and O–H groups in total. The van der Waals surface area contributed by atoms with E-state index in [1.165, 1.54) is 0 Å². The van der Waals surface area contributed by atoms with Gasteiger partial charge < -0.3 is 15.2 Å². The Morgan fingerprint density at radius 3 is 2.50 bits per heavy atom. The third kappa shape index (κ3) is 2.73. The van der Waals surface area contributed by atoms with Crippen LogP contribution in [-0.4, -0.2) is 11.0 Å². The van der Waals surface area contributed by atoms with Gasteiger partial charge in [-0.25, -0.2) is 0 Å². The highest BCUT2D eigenvalue weighted by Crippen LogP contribution is 2.45. The molecule has 1 heterocycles. The maximum atomic E-state index is 12.6. The SMILES string of the molecule is O=C1Nc2ccc(Cl)cc2C1(O)c1ccccc1OCc1ccccc1. The molecular formula is C21H16ClNO3. The summed E-state index contributed by atoms with van der Waals surface area (Å²) in [5, 5.41) is 14.5. The van der Waals surface area contributed by atoms with Crippen molar-refractivity contribution in [2.75, 3.05) is 5.32 Å². The zero-order valence-electron chi connectivity index (χ0n) is 13.8. The first kappa shape index (κ1) is 16.6. The fourth-order valence-corrected chi connectivity index (χ4v) is 3.33. The molecule has 5 heteroatoms. The second-order valence-electron chi connectivity index (χ2n) is 6.12. The van der Waals surface area contributed by atoms with E-state index in [-0.39, 0.29) is 0 Å². The van der Waals surface area contributed by atoms with Gasteiger partial charge in [0.05, 0.1) is 0 Å². The Labute approximate surface area is 156 Å². The second kappa shape index (κ2) is 6.48. The molecule has 0 aromatic heterocycles. The van der Waals surface area contributed by atoms with Crippen molar-refractivity contribution >= 4 is 23.2 Å². The lowest BCUT2D eigenvalue weighted by Gasteiger charge is -2.24. The van der Waals surface area contributed by atoms with Gasteiger partial charge in [-0.15, -0.1) is 0 Å². The predicted octanol–water partition coefficient (Wildman–Crippen LogP) is 4.11. The molecule has 4 nitrogen and oxygen atoms in total. The number of fused-ring (bicyclic) bond motifs is 1. The summed E-state index contributed by atoms with van der Waals surface area (Å²) in [6, 6.07) is 21.7. The van der Waals surface area contributed by atoms with Crippen LogP contribution in [0.1, 0.15) is 16.7 Å². The van der Waals surface area contributed by atoms with E-state index in [1.54, 1.807) is 42.5 Å². The van der Waals surface area contributed by atoms with Crippen molar-refractivity contribution in [1.82, 2.24) is 0 Å². The number of aliphatic hydroxyl groups is 1. The third-order valence-electron chi connectivity index (χ3n) is 4.46. The zero-order chi connectivity index (χ0) is 18.1. The van der Waals surface area contributed by atoms with E-state index >= 15 is 0 Å². The molecule has 3 aromatic rings. The van der Waals surface area contributed by atoms with Gasteiger partial charge in [0.25, 0.3) is 5.91 Å². The average Bonchev–Trinajstić information content (AvgIpc) is 2.92. The molecule has 0 saturated carbocycles. The van der Waals surface area contributed by atoms with Crippen molar-refractivity contribution in [3.8, 4) is 5.75 Å². The third-order valence-corrected chi connectivity index (χ3v) is 4.70. The molecule has 1 aliphatic rings. The topological polar surface area (TPSA) is 58.6 Å². The Hall–Kier alpha value is -2.82. The van der Waals surface area contributed by atoms with E-state index in [0.717, 1.165) is 5.56 Å². The number of carbonyl (C=O) groups excluding carboxylic acids is 1. The molecule has 4 rings (SSSR count). The Bertz CT molecular complexity index is 974. The Morgan fingerprint density at radius 1 is 0.962 bits per heavy atom. The van der Waals surface area contributed by atoms with Gasteiger partial charge in [0.2, 0.25) is 0 Å². The number of rotatable bonds is 4. The number of nitrogens with one attached hydrogen (secondary N) is 1. The molecule has 3 aromatic carbocycles. The first-order valence-electron chi connectivity index (χ1n) is 8.19. The summed E-state index contributed by atoms with van der Waals surface area (Å²) in [5.74, 6) is -0.0765. The van der Waals surface area contributed by atoms with Gasteiger partial charge >= 0.3 is 0 Å². The second-order valence-corrected chi connectivity index (χ2v) is 6.56. The van der Waals surface area contributed by atoms with Crippen LogP contribution < -0.4 is 10.1 Å². The zero-order valence-corrected chi connectivity index (χ0v) is 14.5. The van der Waals surface area contributed by atoms with Crippen molar-refractivity contribution in [2.45, 2.75) is 12.2 Å². The number of carbonyl (C=O) groups is 1. The molecule has 0 fully saturated rings. The molecule has 130 valence electrons. The maximum absolute atomic E-state index is 12.6.